The van der Waals surface area contributed by atoms with Gasteiger partial charge in [0, 0.05) is 42.7 Å². The molecule has 0 radical (unpaired) electrons. The smallest absolute Gasteiger partial charge is 0.219 e. The third kappa shape index (κ3) is 3.64. The highest BCUT2D eigenvalue weighted by Crippen LogP contribution is 2.27. The van der Waals surface area contributed by atoms with Gasteiger partial charge in [-0.2, -0.15) is 5.10 Å². The Morgan fingerprint density at radius 1 is 1.30 bits per heavy atom. The molecule has 8 heteroatoms. The van der Waals surface area contributed by atoms with Gasteiger partial charge in [-0.1, -0.05) is 0 Å². The van der Waals surface area contributed by atoms with E-state index in [1.807, 2.05) is 30.0 Å². The summed E-state index contributed by atoms with van der Waals surface area (Å²) in [6, 6.07) is 5.77. The molecule has 2 N–H and O–H groups in total. The maximum absolute atomic E-state index is 11.8. The Bertz CT molecular complexity index is 967. The Kier molecular flexibility index (Phi) is 4.53. The number of nitrogens with zero attached hydrogens (tertiary/aromatic N) is 5. The number of anilines is 1. The van der Waals surface area contributed by atoms with Crippen LogP contribution in [0.3, 0.4) is 0 Å². The molecule has 0 fully saturated rings. The number of pyridine rings is 1. The number of aromatic nitrogens is 5. The summed E-state index contributed by atoms with van der Waals surface area (Å²) in [5.74, 6) is 1.49. The first-order valence-electron chi connectivity index (χ1n) is 8.90. The van der Waals surface area contributed by atoms with E-state index in [2.05, 4.69) is 20.5 Å². The van der Waals surface area contributed by atoms with Gasteiger partial charge in [-0.05, 0) is 31.5 Å². The number of hydrogen-bond donors (Lipinski definition) is 2. The SMILES string of the molecule is CC(=O)N1CCc2c(nc(-c3ccncc3)nc2NCc2cc(C)[nH]n2)C1. The molecule has 3 aromatic heterocycles. The van der Waals surface area contributed by atoms with E-state index in [-0.39, 0.29) is 5.91 Å². The molecule has 0 saturated carbocycles. The van der Waals surface area contributed by atoms with Gasteiger partial charge in [0.15, 0.2) is 5.82 Å². The number of amides is 1. The number of aryl methyl sites for hydroxylation is 1. The van der Waals surface area contributed by atoms with E-state index in [1.54, 1.807) is 19.3 Å². The van der Waals surface area contributed by atoms with Crippen molar-refractivity contribution < 1.29 is 4.79 Å². The molecule has 0 spiro atoms. The summed E-state index contributed by atoms with van der Waals surface area (Å²) >= 11 is 0. The number of nitrogens with one attached hydrogen (secondary N) is 2. The molecule has 138 valence electrons. The second kappa shape index (κ2) is 7.14. The van der Waals surface area contributed by atoms with Crippen LogP contribution in [0.25, 0.3) is 11.4 Å². The molecule has 0 aliphatic carbocycles. The molecule has 1 aliphatic heterocycles. The van der Waals surface area contributed by atoms with Crippen molar-refractivity contribution in [3.05, 3.63) is 53.2 Å². The second-order valence-corrected chi connectivity index (χ2v) is 6.64. The van der Waals surface area contributed by atoms with E-state index >= 15 is 0 Å². The van der Waals surface area contributed by atoms with Gasteiger partial charge >= 0.3 is 0 Å². The number of hydrogen-bond acceptors (Lipinski definition) is 6. The fourth-order valence-electron chi connectivity index (χ4n) is 3.21. The Hall–Kier alpha value is -3.29. The third-order valence-electron chi connectivity index (χ3n) is 4.64. The van der Waals surface area contributed by atoms with E-state index in [0.29, 0.717) is 25.5 Å². The number of carbonyl (C=O) groups excluding carboxylic acids is 1. The predicted molar refractivity (Wildman–Crippen MR) is 101 cm³/mol. The fraction of sp³-hybridized carbons (Fsp3) is 0.316. The van der Waals surface area contributed by atoms with E-state index in [1.165, 1.54) is 0 Å². The molecule has 27 heavy (non-hydrogen) atoms. The number of H-pyrrole nitrogens is 1. The lowest BCUT2D eigenvalue weighted by Crippen LogP contribution is -2.35. The highest BCUT2D eigenvalue weighted by molar-refractivity contribution is 5.74. The maximum atomic E-state index is 11.8. The van der Waals surface area contributed by atoms with Crippen LogP contribution in [0.15, 0.2) is 30.6 Å². The Labute approximate surface area is 157 Å². The van der Waals surface area contributed by atoms with Gasteiger partial charge in [0.1, 0.15) is 5.82 Å². The van der Waals surface area contributed by atoms with Gasteiger partial charge in [0.05, 0.1) is 24.5 Å². The van der Waals surface area contributed by atoms with E-state index in [9.17, 15) is 4.79 Å². The van der Waals surface area contributed by atoms with Crippen molar-refractivity contribution in [3.8, 4) is 11.4 Å². The number of carbonyl (C=O) groups is 1. The van der Waals surface area contributed by atoms with Crippen molar-refractivity contribution in [1.82, 2.24) is 30.0 Å². The van der Waals surface area contributed by atoms with Crippen LogP contribution >= 0.6 is 0 Å². The third-order valence-corrected chi connectivity index (χ3v) is 4.64. The first-order chi connectivity index (χ1) is 13.1. The van der Waals surface area contributed by atoms with E-state index in [4.69, 9.17) is 9.97 Å². The van der Waals surface area contributed by atoms with Crippen molar-refractivity contribution in [2.24, 2.45) is 0 Å². The molecule has 0 bridgehead atoms. The first kappa shape index (κ1) is 17.1. The summed E-state index contributed by atoms with van der Waals surface area (Å²) in [6.07, 6.45) is 4.17. The minimum absolute atomic E-state index is 0.0613. The van der Waals surface area contributed by atoms with Crippen LogP contribution in [0, 0.1) is 6.92 Å². The molecule has 3 aromatic rings. The summed E-state index contributed by atoms with van der Waals surface area (Å²) in [5, 5.41) is 10.6. The van der Waals surface area contributed by atoms with Crippen LogP contribution in [-0.2, 0) is 24.3 Å². The molecule has 4 rings (SSSR count). The van der Waals surface area contributed by atoms with Crippen molar-refractivity contribution in [2.75, 3.05) is 11.9 Å². The average molecular weight is 363 g/mol. The monoisotopic (exact) mass is 363 g/mol. The molecule has 1 aliphatic rings. The van der Waals surface area contributed by atoms with Gasteiger partial charge in [0.25, 0.3) is 0 Å². The summed E-state index contributed by atoms with van der Waals surface area (Å²) in [5.41, 5.74) is 4.79. The van der Waals surface area contributed by atoms with Crippen LogP contribution in [-0.4, -0.2) is 42.5 Å². The highest BCUT2D eigenvalue weighted by Gasteiger charge is 2.24. The quantitative estimate of drug-likeness (QED) is 0.736. The summed E-state index contributed by atoms with van der Waals surface area (Å²) in [7, 11) is 0. The summed E-state index contributed by atoms with van der Waals surface area (Å²) in [4.78, 5) is 27.2. The molecule has 0 saturated heterocycles. The highest BCUT2D eigenvalue weighted by atomic mass is 16.2. The number of fused-ring (bicyclic) bond motifs is 1. The molecule has 0 unspecified atom stereocenters. The van der Waals surface area contributed by atoms with Crippen molar-refractivity contribution in [1.29, 1.82) is 0 Å². The summed E-state index contributed by atoms with van der Waals surface area (Å²) in [6.45, 7) is 5.31. The van der Waals surface area contributed by atoms with Crippen LogP contribution in [0.2, 0.25) is 0 Å². The van der Waals surface area contributed by atoms with Crippen molar-refractivity contribution in [2.45, 2.75) is 33.4 Å². The first-order valence-corrected chi connectivity index (χ1v) is 8.90. The maximum Gasteiger partial charge on any atom is 0.219 e. The molecule has 8 nitrogen and oxygen atoms in total. The molecule has 0 atom stereocenters. The lowest BCUT2D eigenvalue weighted by molar-refractivity contribution is -0.129. The fourth-order valence-corrected chi connectivity index (χ4v) is 3.21. The van der Waals surface area contributed by atoms with E-state index < -0.39 is 0 Å². The van der Waals surface area contributed by atoms with Gasteiger partial charge in [-0.25, -0.2) is 9.97 Å². The number of rotatable bonds is 4. The van der Waals surface area contributed by atoms with E-state index in [0.717, 1.165) is 40.4 Å². The van der Waals surface area contributed by atoms with Gasteiger partial charge < -0.3 is 10.2 Å². The largest absolute Gasteiger partial charge is 0.364 e. The van der Waals surface area contributed by atoms with Crippen molar-refractivity contribution >= 4 is 11.7 Å². The van der Waals surface area contributed by atoms with Crippen LogP contribution in [0.4, 0.5) is 5.82 Å². The Morgan fingerprint density at radius 3 is 2.81 bits per heavy atom. The van der Waals surface area contributed by atoms with Crippen LogP contribution < -0.4 is 5.32 Å². The van der Waals surface area contributed by atoms with Gasteiger partial charge in [0.2, 0.25) is 5.91 Å². The summed E-state index contributed by atoms with van der Waals surface area (Å²) < 4.78 is 0. The lowest BCUT2D eigenvalue weighted by atomic mass is 10.0. The Balaban J connectivity index is 1.70. The molecule has 1 amide bonds. The number of aromatic amines is 1. The van der Waals surface area contributed by atoms with Crippen LogP contribution in [0.1, 0.15) is 29.6 Å². The Morgan fingerprint density at radius 2 is 2.11 bits per heavy atom. The molecule has 0 aromatic carbocycles. The zero-order valence-corrected chi connectivity index (χ0v) is 15.4. The average Bonchev–Trinajstić information content (AvgIpc) is 3.11. The van der Waals surface area contributed by atoms with Gasteiger partial charge in [-0.3, -0.25) is 14.9 Å². The minimum Gasteiger partial charge on any atom is -0.364 e. The topological polar surface area (TPSA) is 99.7 Å². The second-order valence-electron chi connectivity index (χ2n) is 6.64. The lowest BCUT2D eigenvalue weighted by Gasteiger charge is -2.28. The zero-order valence-electron chi connectivity index (χ0n) is 15.4. The zero-order chi connectivity index (χ0) is 18.8. The van der Waals surface area contributed by atoms with Gasteiger partial charge in [-0.15, -0.1) is 0 Å². The normalized spacial score (nSPS) is 13.3. The molecular formula is C19H21N7O. The standard InChI is InChI=1S/C19H21N7O/c1-12-9-15(25-24-12)10-21-19-16-5-8-26(13(2)27)11-17(16)22-18(23-19)14-3-6-20-7-4-14/h3-4,6-7,9H,5,8,10-11H2,1-2H3,(H,24,25)(H,21,22,23). The van der Waals surface area contributed by atoms with Crippen molar-refractivity contribution in [3.63, 3.8) is 0 Å². The minimum atomic E-state index is 0.0613. The predicted octanol–water partition coefficient (Wildman–Crippen LogP) is 2.09. The molecular weight excluding hydrogens is 342 g/mol. The van der Waals surface area contributed by atoms with Crippen LogP contribution in [0.5, 0.6) is 0 Å². The molecule has 4 heterocycles.